The van der Waals surface area contributed by atoms with Crippen LogP contribution in [0.4, 0.5) is 0 Å². The van der Waals surface area contributed by atoms with Gasteiger partial charge in [-0.05, 0) is 56.2 Å². The summed E-state index contributed by atoms with van der Waals surface area (Å²) in [5, 5.41) is 0. The Morgan fingerprint density at radius 1 is 1.15 bits per heavy atom. The highest BCUT2D eigenvalue weighted by Gasteiger charge is 2.13. The van der Waals surface area contributed by atoms with E-state index in [0.29, 0.717) is 11.4 Å². The molecule has 1 aliphatic rings. The van der Waals surface area contributed by atoms with E-state index in [4.69, 9.17) is 0 Å². The van der Waals surface area contributed by atoms with Crippen LogP contribution >= 0.6 is 0 Å². The van der Waals surface area contributed by atoms with E-state index in [9.17, 15) is 8.42 Å². The van der Waals surface area contributed by atoms with E-state index in [1.54, 1.807) is 12.1 Å². The van der Waals surface area contributed by atoms with Gasteiger partial charge in [0.15, 0.2) is 0 Å². The minimum Gasteiger partial charge on any atom is -0.211 e. The number of hydrogen-bond acceptors (Lipinski definition) is 2. The molecule has 0 amide bonds. The first-order chi connectivity index (χ1) is 9.62. The maximum atomic E-state index is 12.1. The number of sulfonamides is 1. The molecule has 1 aromatic carbocycles. The normalized spacial score (nSPS) is 15.9. The third-order valence-corrected chi connectivity index (χ3v) is 5.24. The van der Waals surface area contributed by atoms with Crippen LogP contribution in [0.2, 0.25) is 0 Å². The molecule has 0 saturated heterocycles. The topological polar surface area (TPSA) is 46.2 Å². The zero-order valence-corrected chi connectivity index (χ0v) is 12.9. The van der Waals surface area contributed by atoms with Gasteiger partial charge in [0.05, 0.1) is 4.90 Å². The summed E-state index contributed by atoms with van der Waals surface area (Å²) in [5.41, 5.74) is 2.54. The van der Waals surface area contributed by atoms with Crippen molar-refractivity contribution in [2.75, 3.05) is 6.54 Å². The second-order valence-electron chi connectivity index (χ2n) is 5.25. The molecule has 0 atom stereocenters. The van der Waals surface area contributed by atoms with Gasteiger partial charge in [-0.2, -0.15) is 0 Å². The van der Waals surface area contributed by atoms with E-state index < -0.39 is 10.0 Å². The molecule has 1 aliphatic carbocycles. The largest absolute Gasteiger partial charge is 0.240 e. The molecular weight excluding hydrogens is 270 g/mol. The van der Waals surface area contributed by atoms with Crippen LogP contribution < -0.4 is 4.72 Å². The van der Waals surface area contributed by atoms with Crippen molar-refractivity contribution in [1.82, 2.24) is 4.72 Å². The smallest absolute Gasteiger partial charge is 0.211 e. The maximum absolute atomic E-state index is 12.1. The molecule has 20 heavy (non-hydrogen) atoms. The van der Waals surface area contributed by atoms with E-state index in [1.165, 1.54) is 18.4 Å². The Balaban J connectivity index is 1.91. The first kappa shape index (κ1) is 15.3. The van der Waals surface area contributed by atoms with E-state index in [-0.39, 0.29) is 0 Å². The van der Waals surface area contributed by atoms with Crippen LogP contribution in [-0.4, -0.2) is 15.0 Å². The number of aryl methyl sites for hydroxylation is 1. The van der Waals surface area contributed by atoms with Gasteiger partial charge in [0.25, 0.3) is 0 Å². The highest BCUT2D eigenvalue weighted by Crippen LogP contribution is 2.19. The molecular formula is C16H23NO2S. The molecule has 1 aromatic rings. The average Bonchev–Trinajstić information content (AvgIpc) is 2.48. The molecule has 0 heterocycles. The Bertz CT molecular complexity index is 559. The van der Waals surface area contributed by atoms with Crippen molar-refractivity contribution in [3.63, 3.8) is 0 Å². The maximum Gasteiger partial charge on any atom is 0.240 e. The Hall–Kier alpha value is -1.13. The second kappa shape index (κ2) is 7.04. The van der Waals surface area contributed by atoms with Gasteiger partial charge < -0.3 is 0 Å². The zero-order valence-electron chi connectivity index (χ0n) is 12.1. The Morgan fingerprint density at radius 2 is 1.90 bits per heavy atom. The summed E-state index contributed by atoms with van der Waals surface area (Å²) in [4.78, 5) is 0.354. The first-order valence-corrected chi connectivity index (χ1v) is 8.86. The van der Waals surface area contributed by atoms with Gasteiger partial charge in [0.2, 0.25) is 10.0 Å². The summed E-state index contributed by atoms with van der Waals surface area (Å²) in [6, 6.07) is 7.11. The van der Waals surface area contributed by atoms with Crippen LogP contribution in [-0.2, 0) is 16.4 Å². The van der Waals surface area contributed by atoms with Gasteiger partial charge in [-0.3, -0.25) is 0 Å². The number of hydrogen-bond donors (Lipinski definition) is 1. The van der Waals surface area contributed by atoms with Crippen LogP contribution in [0.25, 0.3) is 0 Å². The number of benzene rings is 1. The fourth-order valence-electron chi connectivity index (χ4n) is 2.47. The van der Waals surface area contributed by atoms with Crippen LogP contribution in [0.15, 0.2) is 40.8 Å². The lowest BCUT2D eigenvalue weighted by atomic mass is 9.97. The van der Waals surface area contributed by atoms with Crippen molar-refractivity contribution in [3.8, 4) is 0 Å². The molecule has 110 valence electrons. The Labute approximate surface area is 122 Å². The molecule has 1 N–H and O–H groups in total. The lowest BCUT2D eigenvalue weighted by Gasteiger charge is -2.13. The summed E-state index contributed by atoms with van der Waals surface area (Å²) in [6.07, 6.45) is 8.76. The molecule has 0 aliphatic heterocycles. The minimum atomic E-state index is -3.36. The summed E-state index contributed by atoms with van der Waals surface area (Å²) < 4.78 is 27.0. The van der Waals surface area contributed by atoms with Crippen LogP contribution in [0, 0.1) is 0 Å². The second-order valence-corrected chi connectivity index (χ2v) is 7.02. The standard InChI is InChI=1S/C16H23NO2S/c1-2-14-8-10-16(11-9-14)20(18,19)17-13-12-15-6-4-3-5-7-15/h6,8-11,17H,2-5,7,12-13H2,1H3. The molecule has 0 saturated carbocycles. The molecule has 2 rings (SSSR count). The van der Waals surface area contributed by atoms with Crippen LogP contribution in [0.3, 0.4) is 0 Å². The van der Waals surface area contributed by atoms with Crippen LogP contribution in [0.1, 0.15) is 44.6 Å². The van der Waals surface area contributed by atoms with Gasteiger partial charge in [-0.15, -0.1) is 0 Å². The van der Waals surface area contributed by atoms with E-state index in [1.807, 2.05) is 12.1 Å². The molecule has 0 unspecified atom stereocenters. The summed E-state index contributed by atoms with van der Waals surface area (Å²) in [5.74, 6) is 0. The predicted molar refractivity (Wildman–Crippen MR) is 82.2 cm³/mol. The van der Waals surface area contributed by atoms with Gasteiger partial charge in [-0.1, -0.05) is 30.7 Å². The lowest BCUT2D eigenvalue weighted by molar-refractivity contribution is 0.579. The van der Waals surface area contributed by atoms with E-state index in [2.05, 4.69) is 17.7 Å². The zero-order chi connectivity index (χ0) is 14.4. The molecule has 0 fully saturated rings. The van der Waals surface area contributed by atoms with Crippen molar-refractivity contribution < 1.29 is 8.42 Å². The number of rotatable bonds is 6. The van der Waals surface area contributed by atoms with Crippen molar-refractivity contribution in [2.24, 2.45) is 0 Å². The van der Waals surface area contributed by atoms with Gasteiger partial charge in [0, 0.05) is 6.54 Å². The average molecular weight is 293 g/mol. The summed E-state index contributed by atoms with van der Waals surface area (Å²) in [6.45, 7) is 2.54. The highest BCUT2D eigenvalue weighted by atomic mass is 32.2. The third-order valence-electron chi connectivity index (χ3n) is 3.77. The summed E-state index contributed by atoms with van der Waals surface area (Å²) in [7, 11) is -3.36. The lowest BCUT2D eigenvalue weighted by Crippen LogP contribution is -2.25. The quantitative estimate of drug-likeness (QED) is 0.817. The van der Waals surface area contributed by atoms with Crippen molar-refractivity contribution in [2.45, 2.75) is 50.3 Å². The third kappa shape index (κ3) is 4.18. The van der Waals surface area contributed by atoms with Crippen molar-refractivity contribution >= 4 is 10.0 Å². The van der Waals surface area contributed by atoms with E-state index >= 15 is 0 Å². The molecule has 3 nitrogen and oxygen atoms in total. The van der Waals surface area contributed by atoms with Gasteiger partial charge in [0.1, 0.15) is 0 Å². The van der Waals surface area contributed by atoms with Gasteiger partial charge >= 0.3 is 0 Å². The Kier molecular flexibility index (Phi) is 5.38. The van der Waals surface area contributed by atoms with Gasteiger partial charge in [-0.25, -0.2) is 13.1 Å². The predicted octanol–water partition coefficient (Wildman–Crippen LogP) is 3.42. The molecule has 0 aromatic heterocycles. The molecule has 4 heteroatoms. The Morgan fingerprint density at radius 3 is 2.50 bits per heavy atom. The molecule has 0 spiro atoms. The van der Waals surface area contributed by atoms with Crippen molar-refractivity contribution in [3.05, 3.63) is 41.5 Å². The number of nitrogens with one attached hydrogen (secondary N) is 1. The summed E-state index contributed by atoms with van der Waals surface area (Å²) >= 11 is 0. The fourth-order valence-corrected chi connectivity index (χ4v) is 3.50. The molecule has 0 radical (unpaired) electrons. The molecule has 0 bridgehead atoms. The monoisotopic (exact) mass is 293 g/mol. The first-order valence-electron chi connectivity index (χ1n) is 7.38. The fraction of sp³-hybridized carbons (Fsp3) is 0.500. The van der Waals surface area contributed by atoms with Crippen molar-refractivity contribution in [1.29, 1.82) is 0 Å². The van der Waals surface area contributed by atoms with E-state index in [0.717, 1.165) is 31.2 Å². The highest BCUT2D eigenvalue weighted by molar-refractivity contribution is 7.89. The SMILES string of the molecule is CCc1ccc(S(=O)(=O)NCCC2=CCCCC2)cc1. The van der Waals surface area contributed by atoms with Crippen LogP contribution in [0.5, 0.6) is 0 Å². The number of allylic oxidation sites excluding steroid dienone is 1. The minimum absolute atomic E-state index is 0.354.